The molecule has 0 saturated heterocycles. The van der Waals surface area contributed by atoms with Gasteiger partial charge in [0.2, 0.25) is 15.9 Å². The van der Waals surface area contributed by atoms with E-state index in [1.54, 1.807) is 25.3 Å². The van der Waals surface area contributed by atoms with Crippen molar-refractivity contribution >= 4 is 25.8 Å². The number of carbonyl (C=O) groups is 1. The van der Waals surface area contributed by atoms with Crippen molar-refractivity contribution in [3.05, 3.63) is 41.3 Å². The molecule has 132 valence electrons. The quantitative estimate of drug-likeness (QED) is 0.821. The largest absolute Gasteiger partial charge is 0.339 e. The van der Waals surface area contributed by atoms with Crippen LogP contribution < -0.4 is 5.14 Å². The van der Waals surface area contributed by atoms with Crippen LogP contribution in [-0.2, 0) is 24.7 Å². The van der Waals surface area contributed by atoms with E-state index in [4.69, 9.17) is 5.14 Å². The van der Waals surface area contributed by atoms with Crippen molar-refractivity contribution in [1.82, 2.24) is 4.90 Å². The Balaban J connectivity index is 2.05. The maximum Gasteiger partial charge on any atom is 0.238 e. The highest BCUT2D eigenvalue weighted by atomic mass is 32.2. The molecule has 1 aliphatic heterocycles. The van der Waals surface area contributed by atoms with Gasteiger partial charge in [0.25, 0.3) is 0 Å². The third-order valence-electron chi connectivity index (χ3n) is 4.11. The van der Waals surface area contributed by atoms with Crippen molar-refractivity contribution in [2.24, 2.45) is 11.1 Å². The molecule has 1 heterocycles. The van der Waals surface area contributed by atoms with Crippen LogP contribution in [0.15, 0.2) is 40.6 Å². The predicted octanol–water partition coefficient (Wildman–Crippen LogP) is 0.802. The predicted molar refractivity (Wildman–Crippen MR) is 90.0 cm³/mol. The van der Waals surface area contributed by atoms with Crippen LogP contribution in [0.4, 0.5) is 0 Å². The van der Waals surface area contributed by atoms with Crippen LogP contribution in [0, 0.1) is 5.92 Å². The number of sulfone groups is 1. The van der Waals surface area contributed by atoms with Crippen molar-refractivity contribution < 1.29 is 21.6 Å². The van der Waals surface area contributed by atoms with Crippen LogP contribution in [0.25, 0.3) is 0 Å². The fraction of sp³-hybridized carbons (Fsp3) is 0.400. The molecular weight excluding hydrogens is 352 g/mol. The zero-order chi connectivity index (χ0) is 18.1. The van der Waals surface area contributed by atoms with Gasteiger partial charge in [0.15, 0.2) is 9.84 Å². The summed E-state index contributed by atoms with van der Waals surface area (Å²) in [6.45, 7) is 1.81. The first kappa shape index (κ1) is 18.6. The van der Waals surface area contributed by atoms with Gasteiger partial charge in [-0.2, -0.15) is 0 Å². The van der Waals surface area contributed by atoms with Gasteiger partial charge < -0.3 is 4.90 Å². The first-order chi connectivity index (χ1) is 11.0. The van der Waals surface area contributed by atoms with E-state index >= 15 is 0 Å². The van der Waals surface area contributed by atoms with Gasteiger partial charge >= 0.3 is 0 Å². The molecule has 1 amide bonds. The summed E-state index contributed by atoms with van der Waals surface area (Å²) in [6.07, 6.45) is 1.67. The third kappa shape index (κ3) is 4.43. The molecule has 0 bridgehead atoms. The highest BCUT2D eigenvalue weighted by molar-refractivity contribution is 7.94. The van der Waals surface area contributed by atoms with Crippen LogP contribution in [-0.4, -0.2) is 40.4 Å². The molecule has 9 heteroatoms. The molecule has 0 aromatic heterocycles. The van der Waals surface area contributed by atoms with E-state index in [0.29, 0.717) is 0 Å². The lowest BCUT2D eigenvalue weighted by Gasteiger charge is -2.26. The van der Waals surface area contributed by atoms with Crippen molar-refractivity contribution in [1.29, 1.82) is 0 Å². The molecule has 2 atom stereocenters. The number of benzene rings is 1. The van der Waals surface area contributed by atoms with Gasteiger partial charge in [-0.3, -0.25) is 4.79 Å². The lowest BCUT2D eigenvalue weighted by Crippen LogP contribution is -2.31. The van der Waals surface area contributed by atoms with Gasteiger partial charge in [0, 0.05) is 24.8 Å². The molecule has 0 radical (unpaired) electrons. The van der Waals surface area contributed by atoms with Crippen LogP contribution >= 0.6 is 0 Å². The van der Waals surface area contributed by atoms with E-state index in [9.17, 15) is 21.6 Å². The summed E-state index contributed by atoms with van der Waals surface area (Å²) in [5, 5.41) is 6.21. The number of hydrogen-bond acceptors (Lipinski definition) is 5. The summed E-state index contributed by atoms with van der Waals surface area (Å²) in [4.78, 5) is 13.9. The van der Waals surface area contributed by atoms with E-state index in [1.807, 2.05) is 6.92 Å². The van der Waals surface area contributed by atoms with E-state index in [-0.39, 0.29) is 34.9 Å². The second-order valence-corrected chi connectivity index (χ2v) is 9.41. The summed E-state index contributed by atoms with van der Waals surface area (Å²) in [5.41, 5.74) is 0.757. The Morgan fingerprint density at radius 2 is 1.92 bits per heavy atom. The summed E-state index contributed by atoms with van der Waals surface area (Å²) in [7, 11) is -5.30. The fourth-order valence-electron chi connectivity index (χ4n) is 2.51. The van der Waals surface area contributed by atoms with E-state index in [2.05, 4.69) is 0 Å². The Labute approximate surface area is 142 Å². The lowest BCUT2D eigenvalue weighted by atomic mass is 10.0. The Morgan fingerprint density at radius 3 is 2.38 bits per heavy atom. The molecule has 0 saturated carbocycles. The van der Waals surface area contributed by atoms with E-state index < -0.39 is 19.9 Å². The number of amides is 1. The second-order valence-electron chi connectivity index (χ2n) is 5.92. The van der Waals surface area contributed by atoms with Crippen molar-refractivity contribution in [2.45, 2.75) is 24.3 Å². The van der Waals surface area contributed by atoms with Gasteiger partial charge in [-0.05, 0) is 24.6 Å². The number of rotatable bonds is 5. The summed E-state index contributed by atoms with van der Waals surface area (Å²) in [5.74, 6) is -0.518. The fourth-order valence-corrected chi connectivity index (χ4v) is 4.43. The molecule has 1 aromatic carbocycles. The van der Waals surface area contributed by atoms with Gasteiger partial charge in [-0.25, -0.2) is 22.0 Å². The lowest BCUT2D eigenvalue weighted by molar-refractivity contribution is -0.132. The number of hydrogen-bond donors (Lipinski definition) is 1. The van der Waals surface area contributed by atoms with E-state index in [0.717, 1.165) is 11.0 Å². The maximum atomic E-state index is 12.3. The molecule has 1 aliphatic rings. The smallest absolute Gasteiger partial charge is 0.238 e. The number of primary sulfonamides is 1. The van der Waals surface area contributed by atoms with Crippen LogP contribution in [0.5, 0.6) is 0 Å². The van der Waals surface area contributed by atoms with Gasteiger partial charge in [0.1, 0.15) is 0 Å². The Hall–Kier alpha value is -1.71. The minimum absolute atomic E-state index is 0.00808. The molecular formula is C15H20N2O5S2. The van der Waals surface area contributed by atoms with Crippen molar-refractivity contribution in [2.75, 3.05) is 12.8 Å². The standard InChI is InChI=1S/C15H20N2O5S2/c1-11(13-3-5-14(6-4-13)24(16,21)22)17(2)15(18)9-12-7-8-23(19,20)10-12/h3-8,11-12H,9-10H2,1-2H3,(H2,16,21,22)/t11-,12+/m0/s1. The Kier molecular flexibility index (Phi) is 5.17. The number of sulfonamides is 1. The summed E-state index contributed by atoms with van der Waals surface area (Å²) in [6, 6.07) is 5.72. The van der Waals surface area contributed by atoms with Crippen molar-refractivity contribution in [3.8, 4) is 0 Å². The molecule has 0 spiro atoms. The third-order valence-corrected chi connectivity index (χ3v) is 6.50. The molecule has 0 fully saturated rings. The first-order valence-electron chi connectivity index (χ1n) is 7.29. The molecule has 7 nitrogen and oxygen atoms in total. The zero-order valence-electron chi connectivity index (χ0n) is 13.4. The van der Waals surface area contributed by atoms with E-state index in [1.165, 1.54) is 17.0 Å². The summed E-state index contributed by atoms with van der Waals surface area (Å²) < 4.78 is 45.3. The number of nitrogens with zero attached hydrogens (tertiary/aromatic N) is 1. The number of allylic oxidation sites excluding steroid dienone is 1. The van der Waals surface area contributed by atoms with Crippen molar-refractivity contribution in [3.63, 3.8) is 0 Å². The van der Waals surface area contributed by atoms with Gasteiger partial charge in [-0.1, -0.05) is 18.2 Å². The maximum absolute atomic E-state index is 12.3. The molecule has 2 N–H and O–H groups in total. The average Bonchev–Trinajstić information content (AvgIpc) is 2.83. The SMILES string of the molecule is C[C@@H](c1ccc(S(N)(=O)=O)cc1)N(C)C(=O)C[C@H]1C=CS(=O)(=O)C1. The Morgan fingerprint density at radius 1 is 1.33 bits per heavy atom. The monoisotopic (exact) mass is 372 g/mol. The van der Waals surface area contributed by atoms with Crippen LogP contribution in [0.2, 0.25) is 0 Å². The summed E-state index contributed by atoms with van der Waals surface area (Å²) >= 11 is 0. The first-order valence-corrected chi connectivity index (χ1v) is 10.5. The number of carbonyl (C=O) groups excluding carboxylic acids is 1. The minimum Gasteiger partial charge on any atom is -0.339 e. The van der Waals surface area contributed by atoms with Gasteiger partial charge in [0.05, 0.1) is 16.7 Å². The molecule has 1 aromatic rings. The van der Waals surface area contributed by atoms with Crippen LogP contribution in [0.3, 0.4) is 0 Å². The van der Waals surface area contributed by atoms with Gasteiger partial charge in [-0.15, -0.1) is 0 Å². The highest BCUT2D eigenvalue weighted by Crippen LogP contribution is 2.24. The molecule has 2 rings (SSSR count). The normalized spacial score (nSPS) is 20.7. The average molecular weight is 372 g/mol. The number of nitrogens with two attached hydrogens (primary N) is 1. The zero-order valence-corrected chi connectivity index (χ0v) is 15.0. The topological polar surface area (TPSA) is 115 Å². The molecule has 0 aliphatic carbocycles. The minimum atomic E-state index is -3.75. The van der Waals surface area contributed by atoms with Crippen LogP contribution in [0.1, 0.15) is 24.9 Å². The molecule has 24 heavy (non-hydrogen) atoms. The highest BCUT2D eigenvalue weighted by Gasteiger charge is 2.26. The second kappa shape index (κ2) is 6.66. The molecule has 0 unspecified atom stereocenters. The Bertz CT molecular complexity index is 858.